The predicted molar refractivity (Wildman–Crippen MR) is 85.0 cm³/mol. The third kappa shape index (κ3) is 6.63. The summed E-state index contributed by atoms with van der Waals surface area (Å²) < 4.78 is 29.2. The lowest BCUT2D eigenvalue weighted by molar-refractivity contribution is 0.199. The number of alkyl halides is 1. The van der Waals surface area contributed by atoms with Crippen LogP contribution in [0.1, 0.15) is 18.9 Å². The monoisotopic (exact) mass is 363 g/mol. The maximum Gasteiger partial charge on any atom is 0.175 e. The second kappa shape index (κ2) is 10.8. The first-order valence-electron chi connectivity index (χ1n) is 7.06. The van der Waals surface area contributed by atoms with Crippen LogP contribution in [0.15, 0.2) is 16.6 Å². The third-order valence-corrected chi connectivity index (χ3v) is 3.29. The second-order valence-electron chi connectivity index (χ2n) is 4.40. The Balaban J connectivity index is 2.74. The maximum atomic E-state index is 12.2. The average molecular weight is 364 g/mol. The normalized spacial score (nSPS) is 10.7. The summed E-state index contributed by atoms with van der Waals surface area (Å²) >= 11 is 3.49. The number of halogens is 2. The van der Waals surface area contributed by atoms with Gasteiger partial charge in [0.1, 0.15) is 0 Å². The van der Waals surface area contributed by atoms with Crippen molar-refractivity contribution in [1.82, 2.24) is 5.32 Å². The van der Waals surface area contributed by atoms with E-state index in [0.29, 0.717) is 44.3 Å². The molecule has 6 heteroatoms. The van der Waals surface area contributed by atoms with Crippen LogP contribution in [0, 0.1) is 0 Å². The smallest absolute Gasteiger partial charge is 0.175 e. The summed E-state index contributed by atoms with van der Waals surface area (Å²) in [5, 5.41) is 3.28. The van der Waals surface area contributed by atoms with Crippen LogP contribution < -0.4 is 14.8 Å². The molecule has 0 bridgehead atoms. The van der Waals surface area contributed by atoms with Crippen molar-refractivity contribution in [2.45, 2.75) is 19.9 Å². The zero-order valence-electron chi connectivity index (χ0n) is 12.6. The summed E-state index contributed by atoms with van der Waals surface area (Å²) in [6, 6.07) is 3.92. The number of nitrogens with one attached hydrogen (secondary N) is 1. The summed E-state index contributed by atoms with van der Waals surface area (Å²) in [5.74, 6) is 1.31. The summed E-state index contributed by atoms with van der Waals surface area (Å²) in [6.07, 6.45) is 0.373. The minimum Gasteiger partial charge on any atom is -0.490 e. The third-order valence-electron chi connectivity index (χ3n) is 2.71. The van der Waals surface area contributed by atoms with Crippen molar-refractivity contribution in [2.75, 3.05) is 40.1 Å². The van der Waals surface area contributed by atoms with Gasteiger partial charge in [0.25, 0.3) is 0 Å². The Morgan fingerprint density at radius 2 is 2.05 bits per heavy atom. The van der Waals surface area contributed by atoms with Crippen molar-refractivity contribution in [3.05, 3.63) is 22.2 Å². The minimum atomic E-state index is -0.386. The van der Waals surface area contributed by atoms with E-state index in [4.69, 9.17) is 14.2 Å². The van der Waals surface area contributed by atoms with Crippen molar-refractivity contribution in [1.29, 1.82) is 0 Å². The van der Waals surface area contributed by atoms with Gasteiger partial charge >= 0.3 is 0 Å². The van der Waals surface area contributed by atoms with Gasteiger partial charge in [0.15, 0.2) is 11.5 Å². The highest BCUT2D eigenvalue weighted by atomic mass is 79.9. The van der Waals surface area contributed by atoms with Crippen LogP contribution in [-0.2, 0) is 11.3 Å². The summed E-state index contributed by atoms with van der Waals surface area (Å²) in [5.41, 5.74) is 1.08. The summed E-state index contributed by atoms with van der Waals surface area (Å²) in [4.78, 5) is 0. The SMILES string of the molecule is CCOc1cc(CNCCOC)cc(Br)c1OCCCF. The topological polar surface area (TPSA) is 39.7 Å². The molecule has 0 aromatic heterocycles. The van der Waals surface area contributed by atoms with E-state index in [1.807, 2.05) is 19.1 Å². The Morgan fingerprint density at radius 3 is 2.71 bits per heavy atom. The van der Waals surface area contributed by atoms with Gasteiger partial charge in [-0.2, -0.15) is 0 Å². The van der Waals surface area contributed by atoms with Crippen LogP contribution in [0.3, 0.4) is 0 Å². The number of ether oxygens (including phenoxy) is 3. The Morgan fingerprint density at radius 1 is 1.24 bits per heavy atom. The van der Waals surface area contributed by atoms with Crippen LogP contribution >= 0.6 is 15.9 Å². The van der Waals surface area contributed by atoms with Gasteiger partial charge in [-0.1, -0.05) is 0 Å². The van der Waals surface area contributed by atoms with E-state index in [1.54, 1.807) is 7.11 Å². The second-order valence-corrected chi connectivity index (χ2v) is 5.25. The highest BCUT2D eigenvalue weighted by molar-refractivity contribution is 9.10. The fourth-order valence-electron chi connectivity index (χ4n) is 1.76. The molecule has 1 aromatic rings. The van der Waals surface area contributed by atoms with E-state index in [1.165, 1.54) is 0 Å². The molecule has 0 radical (unpaired) electrons. The molecule has 0 unspecified atom stereocenters. The quantitative estimate of drug-likeness (QED) is 0.612. The van der Waals surface area contributed by atoms with E-state index < -0.39 is 0 Å². The molecule has 0 saturated heterocycles. The van der Waals surface area contributed by atoms with Gasteiger partial charge < -0.3 is 19.5 Å². The molecule has 1 rings (SSSR count). The van der Waals surface area contributed by atoms with Gasteiger partial charge in [-0.15, -0.1) is 0 Å². The van der Waals surface area contributed by atoms with E-state index in [0.717, 1.165) is 16.6 Å². The number of hydrogen-bond donors (Lipinski definition) is 1. The standard InChI is InChI=1S/C15H23BrFNO3/c1-3-20-14-10-12(11-18-6-8-19-2)9-13(16)15(14)21-7-4-5-17/h9-10,18H,3-8,11H2,1-2H3. The Kier molecular flexibility index (Phi) is 9.37. The average Bonchev–Trinajstić information content (AvgIpc) is 2.47. The minimum absolute atomic E-state index is 0.334. The predicted octanol–water partition coefficient (Wildman–Crippen LogP) is 3.32. The van der Waals surface area contributed by atoms with Crippen LogP contribution in [0.2, 0.25) is 0 Å². The van der Waals surface area contributed by atoms with Gasteiger partial charge in [-0.05, 0) is 40.5 Å². The molecule has 0 saturated carbocycles. The Bertz CT molecular complexity index is 418. The van der Waals surface area contributed by atoms with Crippen molar-refractivity contribution < 1.29 is 18.6 Å². The highest BCUT2D eigenvalue weighted by Gasteiger charge is 2.12. The fourth-order valence-corrected chi connectivity index (χ4v) is 2.37. The van der Waals surface area contributed by atoms with Gasteiger partial charge in [0.2, 0.25) is 0 Å². The molecule has 0 spiro atoms. The lowest BCUT2D eigenvalue weighted by atomic mass is 10.2. The molecule has 0 atom stereocenters. The molecule has 1 aromatic carbocycles. The lowest BCUT2D eigenvalue weighted by Gasteiger charge is -2.15. The number of hydrogen-bond acceptors (Lipinski definition) is 4. The van der Waals surface area contributed by atoms with E-state index in [-0.39, 0.29) is 6.67 Å². The molecule has 1 N–H and O–H groups in total. The molecule has 120 valence electrons. The first-order chi connectivity index (χ1) is 10.2. The number of rotatable bonds is 11. The van der Waals surface area contributed by atoms with Gasteiger partial charge in [-0.25, -0.2) is 0 Å². The molecule has 4 nitrogen and oxygen atoms in total. The molecule has 0 fully saturated rings. The Hall–Kier alpha value is -0.850. The molecule has 0 heterocycles. The molecule has 0 amide bonds. The van der Waals surface area contributed by atoms with Gasteiger partial charge in [0.05, 0.1) is 31.0 Å². The molecule has 0 aliphatic rings. The molecule has 0 aliphatic heterocycles. The van der Waals surface area contributed by atoms with Crippen LogP contribution in [-0.4, -0.2) is 40.1 Å². The molecule has 21 heavy (non-hydrogen) atoms. The van der Waals surface area contributed by atoms with Crippen molar-refractivity contribution in [2.24, 2.45) is 0 Å². The van der Waals surface area contributed by atoms with Gasteiger partial charge in [-0.3, -0.25) is 4.39 Å². The summed E-state index contributed by atoms with van der Waals surface area (Å²) in [6.45, 7) is 4.59. The van der Waals surface area contributed by atoms with Crippen LogP contribution in [0.4, 0.5) is 4.39 Å². The van der Waals surface area contributed by atoms with Gasteiger partial charge in [0, 0.05) is 26.6 Å². The first kappa shape index (κ1) is 18.2. The van der Waals surface area contributed by atoms with Crippen molar-refractivity contribution in [3.8, 4) is 11.5 Å². The molecular formula is C15H23BrFNO3. The van der Waals surface area contributed by atoms with Crippen molar-refractivity contribution >= 4 is 15.9 Å². The number of benzene rings is 1. The molecule has 0 aliphatic carbocycles. The molecular weight excluding hydrogens is 341 g/mol. The zero-order valence-corrected chi connectivity index (χ0v) is 14.2. The first-order valence-corrected chi connectivity index (χ1v) is 7.85. The largest absolute Gasteiger partial charge is 0.490 e. The maximum absolute atomic E-state index is 12.2. The van der Waals surface area contributed by atoms with E-state index in [2.05, 4.69) is 21.2 Å². The van der Waals surface area contributed by atoms with Crippen LogP contribution in [0.25, 0.3) is 0 Å². The number of methoxy groups -OCH3 is 1. The fraction of sp³-hybridized carbons (Fsp3) is 0.600. The zero-order chi connectivity index (χ0) is 15.5. The van der Waals surface area contributed by atoms with E-state index >= 15 is 0 Å². The Labute approximate surface area is 134 Å². The van der Waals surface area contributed by atoms with Crippen molar-refractivity contribution in [3.63, 3.8) is 0 Å². The van der Waals surface area contributed by atoms with Crippen LogP contribution in [0.5, 0.6) is 11.5 Å². The lowest BCUT2D eigenvalue weighted by Crippen LogP contribution is -2.18. The van der Waals surface area contributed by atoms with E-state index in [9.17, 15) is 4.39 Å². The highest BCUT2D eigenvalue weighted by Crippen LogP contribution is 2.37. The summed E-state index contributed by atoms with van der Waals surface area (Å²) in [7, 11) is 1.68.